The van der Waals surface area contributed by atoms with Gasteiger partial charge in [0, 0.05) is 30.7 Å². The number of carbonyl (C=O) groups is 1. The lowest BCUT2D eigenvalue weighted by Gasteiger charge is -2.39. The number of Topliss-reactive ketones (excluding diaryl/α,β-unsaturated/α-hetero) is 1. The molecule has 1 aliphatic carbocycles. The highest BCUT2D eigenvalue weighted by atomic mass is 16.5. The number of nitrogens with zero attached hydrogens (tertiary/aromatic N) is 1. The van der Waals surface area contributed by atoms with E-state index in [4.69, 9.17) is 9.47 Å². The third-order valence-electron chi connectivity index (χ3n) is 5.87. The van der Waals surface area contributed by atoms with E-state index in [9.17, 15) is 14.4 Å². The van der Waals surface area contributed by atoms with Gasteiger partial charge in [-0.05, 0) is 29.5 Å². The number of allylic oxidation sites excluding steroid dienone is 2. The van der Waals surface area contributed by atoms with Gasteiger partial charge in [-0.1, -0.05) is 19.9 Å². The second kappa shape index (κ2) is 6.90. The first kappa shape index (κ1) is 20.0. The highest BCUT2D eigenvalue weighted by molar-refractivity contribution is 6.01. The summed E-state index contributed by atoms with van der Waals surface area (Å²) in [5, 5.41) is 3.23. The molecule has 4 rings (SSSR count). The quantitative estimate of drug-likeness (QED) is 0.804. The summed E-state index contributed by atoms with van der Waals surface area (Å²) < 4.78 is 12.1. The number of H-pyrrole nitrogens is 1. The van der Waals surface area contributed by atoms with Gasteiger partial charge in [-0.25, -0.2) is 4.79 Å². The van der Waals surface area contributed by atoms with Crippen molar-refractivity contribution in [2.24, 2.45) is 12.5 Å². The molecule has 2 N–H and O–H groups in total. The molecule has 0 spiro atoms. The molecule has 0 radical (unpaired) electrons. The van der Waals surface area contributed by atoms with Crippen LogP contribution in [0.15, 0.2) is 39.1 Å². The third-order valence-corrected chi connectivity index (χ3v) is 5.87. The maximum absolute atomic E-state index is 13.2. The summed E-state index contributed by atoms with van der Waals surface area (Å²) >= 11 is 0. The van der Waals surface area contributed by atoms with E-state index >= 15 is 0 Å². The van der Waals surface area contributed by atoms with Gasteiger partial charge in [0.05, 0.1) is 19.8 Å². The van der Waals surface area contributed by atoms with Gasteiger partial charge in [0.1, 0.15) is 5.82 Å². The molecule has 1 aromatic heterocycles. The Morgan fingerprint density at radius 3 is 2.43 bits per heavy atom. The Morgan fingerprint density at radius 2 is 1.77 bits per heavy atom. The zero-order chi connectivity index (χ0) is 21.8. The molecule has 2 aliphatic rings. The molecule has 1 atom stereocenters. The predicted molar refractivity (Wildman–Crippen MR) is 112 cm³/mol. The number of fused-ring (bicyclic) bond motifs is 1. The zero-order valence-corrected chi connectivity index (χ0v) is 17.7. The molecule has 2 heterocycles. The maximum Gasteiger partial charge on any atom is 0.329 e. The molecule has 2 aromatic rings. The lowest BCUT2D eigenvalue weighted by Crippen LogP contribution is -2.41. The topological polar surface area (TPSA) is 102 Å². The lowest BCUT2D eigenvalue weighted by molar-refractivity contribution is -0.118. The summed E-state index contributed by atoms with van der Waals surface area (Å²) in [7, 11) is 4.68. The summed E-state index contributed by atoms with van der Waals surface area (Å²) in [6.45, 7) is 4.07. The molecular formula is C22H25N3O5. The Kier molecular flexibility index (Phi) is 4.60. The van der Waals surface area contributed by atoms with Crippen molar-refractivity contribution in [3.8, 4) is 11.5 Å². The van der Waals surface area contributed by atoms with Crippen LogP contribution in [0.5, 0.6) is 11.5 Å². The van der Waals surface area contributed by atoms with Gasteiger partial charge in [0.2, 0.25) is 0 Å². The van der Waals surface area contributed by atoms with Crippen molar-refractivity contribution in [2.75, 3.05) is 19.5 Å². The first-order chi connectivity index (χ1) is 14.2. The first-order valence-corrected chi connectivity index (χ1v) is 9.75. The number of benzene rings is 1. The number of hydrogen-bond acceptors (Lipinski definition) is 6. The van der Waals surface area contributed by atoms with Gasteiger partial charge < -0.3 is 14.8 Å². The normalized spacial score (nSPS) is 19.6. The molecule has 8 nitrogen and oxygen atoms in total. The van der Waals surface area contributed by atoms with Crippen LogP contribution in [0.1, 0.15) is 43.7 Å². The van der Waals surface area contributed by atoms with Crippen LogP contribution in [0, 0.1) is 5.41 Å². The van der Waals surface area contributed by atoms with Crippen molar-refractivity contribution in [2.45, 2.75) is 32.6 Å². The molecule has 1 aromatic carbocycles. The van der Waals surface area contributed by atoms with E-state index in [2.05, 4.69) is 10.3 Å². The number of ketones is 1. The van der Waals surface area contributed by atoms with Gasteiger partial charge >= 0.3 is 5.69 Å². The van der Waals surface area contributed by atoms with E-state index < -0.39 is 17.2 Å². The van der Waals surface area contributed by atoms with E-state index in [1.165, 1.54) is 11.7 Å². The molecule has 1 aliphatic heterocycles. The van der Waals surface area contributed by atoms with E-state index in [-0.39, 0.29) is 11.2 Å². The second-order valence-electron chi connectivity index (χ2n) is 8.59. The lowest BCUT2D eigenvalue weighted by atomic mass is 9.69. The maximum atomic E-state index is 13.2. The van der Waals surface area contributed by atoms with Crippen molar-refractivity contribution in [1.29, 1.82) is 0 Å². The van der Waals surface area contributed by atoms with Gasteiger partial charge in [0.15, 0.2) is 17.3 Å². The van der Waals surface area contributed by atoms with Gasteiger partial charge in [0.25, 0.3) is 5.56 Å². The molecule has 0 bridgehead atoms. The number of carbonyl (C=O) groups excluding carboxylic acids is 1. The Hall–Kier alpha value is -3.29. The van der Waals surface area contributed by atoms with Crippen LogP contribution in [-0.4, -0.2) is 29.6 Å². The van der Waals surface area contributed by atoms with Crippen LogP contribution >= 0.6 is 0 Å². The average molecular weight is 411 g/mol. The van der Waals surface area contributed by atoms with Crippen molar-refractivity contribution in [3.63, 3.8) is 0 Å². The molecule has 0 fully saturated rings. The molecule has 0 unspecified atom stereocenters. The van der Waals surface area contributed by atoms with Crippen LogP contribution < -0.4 is 26.0 Å². The first-order valence-electron chi connectivity index (χ1n) is 9.75. The van der Waals surface area contributed by atoms with Crippen LogP contribution in [0.2, 0.25) is 0 Å². The molecular weight excluding hydrogens is 386 g/mol. The molecule has 158 valence electrons. The summed E-state index contributed by atoms with van der Waals surface area (Å²) in [5.74, 6) is 0.840. The number of hydrogen-bond donors (Lipinski definition) is 2. The summed E-state index contributed by atoms with van der Waals surface area (Å²) in [4.78, 5) is 40.8. The highest BCUT2D eigenvalue weighted by Gasteiger charge is 2.42. The number of methoxy groups -OCH3 is 2. The van der Waals surface area contributed by atoms with Gasteiger partial charge in [-0.2, -0.15) is 0 Å². The minimum absolute atomic E-state index is 0.00700. The zero-order valence-electron chi connectivity index (χ0n) is 17.7. The third kappa shape index (κ3) is 3.03. The molecule has 8 heteroatoms. The van der Waals surface area contributed by atoms with Crippen LogP contribution in [0.25, 0.3) is 0 Å². The Labute approximate surface area is 173 Å². The Morgan fingerprint density at radius 1 is 1.07 bits per heavy atom. The fourth-order valence-electron chi connectivity index (χ4n) is 4.49. The molecule has 0 amide bonds. The molecule has 0 saturated heterocycles. The van der Waals surface area contributed by atoms with Crippen molar-refractivity contribution in [1.82, 2.24) is 9.55 Å². The Bertz CT molecular complexity index is 1200. The minimum atomic E-state index is -0.616. The average Bonchev–Trinajstić information content (AvgIpc) is 2.69. The molecule has 0 saturated carbocycles. The minimum Gasteiger partial charge on any atom is -0.493 e. The highest BCUT2D eigenvalue weighted by Crippen LogP contribution is 2.48. The molecule has 30 heavy (non-hydrogen) atoms. The second-order valence-corrected chi connectivity index (χ2v) is 8.59. The standard InChI is InChI=1S/C22H25N3O5/c1-22(2)9-12-17(13(26)10-22)16(11-6-7-14(29-4)15(8-11)30-5)18-19(23-12)25(3)21(28)24-20(18)27/h6-8,16,23H,9-10H2,1-5H3,(H,24,27,28)/t16-/m0/s1. The number of aromatic nitrogens is 2. The fourth-order valence-corrected chi connectivity index (χ4v) is 4.49. The van der Waals surface area contributed by atoms with Crippen LogP contribution in [0.3, 0.4) is 0 Å². The van der Waals surface area contributed by atoms with Crippen molar-refractivity contribution >= 4 is 11.6 Å². The summed E-state index contributed by atoms with van der Waals surface area (Å²) in [6, 6.07) is 5.35. The Balaban J connectivity index is 2.03. The summed E-state index contributed by atoms with van der Waals surface area (Å²) in [5.41, 5.74) is 1.15. The van der Waals surface area contributed by atoms with Crippen LogP contribution in [0.4, 0.5) is 5.82 Å². The fraction of sp³-hybridized carbons (Fsp3) is 0.409. The van der Waals surface area contributed by atoms with Crippen molar-refractivity contribution in [3.05, 3.63) is 61.4 Å². The van der Waals surface area contributed by atoms with Gasteiger partial charge in [-0.15, -0.1) is 0 Å². The summed E-state index contributed by atoms with van der Waals surface area (Å²) in [6.07, 6.45) is 1.02. The van der Waals surface area contributed by atoms with E-state index in [0.717, 1.165) is 11.3 Å². The number of ether oxygens (including phenoxy) is 2. The van der Waals surface area contributed by atoms with Gasteiger partial charge in [-0.3, -0.25) is 19.1 Å². The number of rotatable bonds is 3. The van der Waals surface area contributed by atoms with Crippen LogP contribution in [-0.2, 0) is 11.8 Å². The van der Waals surface area contributed by atoms with E-state index in [0.29, 0.717) is 41.3 Å². The SMILES string of the molecule is COc1ccc([C@H]2C3=C(CC(C)(C)CC3=O)Nc3c2c(=O)[nH]c(=O)n3C)cc1OC. The smallest absolute Gasteiger partial charge is 0.329 e. The number of aromatic amines is 1. The monoisotopic (exact) mass is 411 g/mol. The van der Waals surface area contributed by atoms with E-state index in [1.54, 1.807) is 26.3 Å². The largest absolute Gasteiger partial charge is 0.493 e. The number of anilines is 1. The number of nitrogens with one attached hydrogen (secondary N) is 2. The van der Waals surface area contributed by atoms with Crippen molar-refractivity contribution < 1.29 is 14.3 Å². The predicted octanol–water partition coefficient (Wildman–Crippen LogP) is 2.29. The van der Waals surface area contributed by atoms with E-state index in [1.807, 2.05) is 19.9 Å².